The molecule has 1 aromatic carbocycles. The van der Waals surface area contributed by atoms with E-state index in [0.29, 0.717) is 0 Å². The van der Waals surface area contributed by atoms with Crippen molar-refractivity contribution >= 4 is 21.8 Å². The Bertz CT molecular complexity index is 435. The standard InChI is InChI=1S/C13H15BrN2/c14-11-5-2-1-4-10(11)13(6-3-7-13)12-15-8-9-16-12/h1-2,4-5H,3,6-9H2,(H,15,16). The fourth-order valence-electron chi connectivity index (χ4n) is 2.73. The van der Waals surface area contributed by atoms with Crippen LogP contribution in [0, 0.1) is 0 Å². The third-order valence-electron chi connectivity index (χ3n) is 3.72. The molecule has 0 aromatic heterocycles. The Hall–Kier alpha value is -0.830. The minimum Gasteiger partial charge on any atom is -0.371 e. The largest absolute Gasteiger partial charge is 0.371 e. The molecule has 2 nitrogen and oxygen atoms in total. The number of rotatable bonds is 2. The SMILES string of the molecule is Brc1ccccc1C1(C2=NCCN2)CCC1. The van der Waals surface area contributed by atoms with E-state index in [-0.39, 0.29) is 5.41 Å². The summed E-state index contributed by atoms with van der Waals surface area (Å²) >= 11 is 3.67. The summed E-state index contributed by atoms with van der Waals surface area (Å²) in [5, 5.41) is 3.45. The second kappa shape index (κ2) is 3.88. The van der Waals surface area contributed by atoms with E-state index in [9.17, 15) is 0 Å². The van der Waals surface area contributed by atoms with Gasteiger partial charge in [0.1, 0.15) is 5.84 Å². The van der Waals surface area contributed by atoms with Crippen molar-refractivity contribution in [3.8, 4) is 0 Å². The Morgan fingerprint density at radius 3 is 2.62 bits per heavy atom. The first-order valence-electron chi connectivity index (χ1n) is 5.87. The molecule has 0 amide bonds. The van der Waals surface area contributed by atoms with Crippen molar-refractivity contribution in [2.24, 2.45) is 4.99 Å². The van der Waals surface area contributed by atoms with Crippen molar-refractivity contribution in [1.82, 2.24) is 5.32 Å². The first kappa shape index (κ1) is 10.3. The van der Waals surface area contributed by atoms with Crippen molar-refractivity contribution in [3.05, 3.63) is 34.3 Å². The third-order valence-corrected chi connectivity index (χ3v) is 4.42. The number of halogens is 1. The van der Waals surface area contributed by atoms with Gasteiger partial charge in [-0.3, -0.25) is 4.99 Å². The van der Waals surface area contributed by atoms with E-state index in [1.54, 1.807) is 0 Å². The topological polar surface area (TPSA) is 24.4 Å². The second-order valence-corrected chi connectivity index (χ2v) is 5.43. The molecule has 1 saturated carbocycles. The van der Waals surface area contributed by atoms with E-state index in [1.165, 1.54) is 35.1 Å². The monoisotopic (exact) mass is 278 g/mol. The van der Waals surface area contributed by atoms with Crippen molar-refractivity contribution in [2.75, 3.05) is 13.1 Å². The van der Waals surface area contributed by atoms with Crippen molar-refractivity contribution in [1.29, 1.82) is 0 Å². The highest BCUT2D eigenvalue weighted by Gasteiger charge is 2.45. The van der Waals surface area contributed by atoms with Gasteiger partial charge in [-0.15, -0.1) is 0 Å². The van der Waals surface area contributed by atoms with E-state index < -0.39 is 0 Å². The zero-order chi connectivity index (χ0) is 11.0. The summed E-state index contributed by atoms with van der Waals surface area (Å²) in [4.78, 5) is 4.63. The molecule has 0 saturated heterocycles. The van der Waals surface area contributed by atoms with Crippen LogP contribution in [0.25, 0.3) is 0 Å². The van der Waals surface area contributed by atoms with E-state index in [2.05, 4.69) is 50.5 Å². The van der Waals surface area contributed by atoms with Gasteiger partial charge in [-0.25, -0.2) is 0 Å². The Balaban J connectivity index is 2.05. The van der Waals surface area contributed by atoms with Crippen LogP contribution < -0.4 is 5.32 Å². The first-order valence-corrected chi connectivity index (χ1v) is 6.66. The second-order valence-electron chi connectivity index (χ2n) is 4.57. The molecule has 84 valence electrons. The molecule has 1 aliphatic heterocycles. The lowest BCUT2D eigenvalue weighted by Crippen LogP contribution is -2.47. The first-order chi connectivity index (χ1) is 7.83. The number of hydrogen-bond donors (Lipinski definition) is 1. The maximum absolute atomic E-state index is 4.63. The molecule has 0 unspecified atom stereocenters. The molecule has 1 heterocycles. The molecular formula is C13H15BrN2. The Kier molecular flexibility index (Phi) is 2.51. The molecule has 3 rings (SSSR count). The lowest BCUT2D eigenvalue weighted by molar-refractivity contribution is 0.334. The highest BCUT2D eigenvalue weighted by molar-refractivity contribution is 9.10. The molecule has 16 heavy (non-hydrogen) atoms. The van der Waals surface area contributed by atoms with Gasteiger partial charge < -0.3 is 5.32 Å². The molecular weight excluding hydrogens is 264 g/mol. The number of nitrogens with one attached hydrogen (secondary N) is 1. The van der Waals surface area contributed by atoms with Crippen LogP contribution in [0.2, 0.25) is 0 Å². The summed E-state index contributed by atoms with van der Waals surface area (Å²) in [6.07, 6.45) is 3.75. The summed E-state index contributed by atoms with van der Waals surface area (Å²) in [5.41, 5.74) is 1.57. The van der Waals surface area contributed by atoms with Gasteiger partial charge in [-0.05, 0) is 24.5 Å². The normalized spacial score (nSPS) is 22.2. The third kappa shape index (κ3) is 1.41. The lowest BCUT2D eigenvalue weighted by Gasteiger charge is -2.43. The molecule has 2 aliphatic rings. The number of amidine groups is 1. The van der Waals surface area contributed by atoms with Crippen LogP contribution in [-0.4, -0.2) is 18.9 Å². The Morgan fingerprint density at radius 2 is 2.06 bits per heavy atom. The maximum atomic E-state index is 4.63. The van der Waals surface area contributed by atoms with Crippen LogP contribution in [0.3, 0.4) is 0 Å². The summed E-state index contributed by atoms with van der Waals surface area (Å²) in [6, 6.07) is 8.55. The van der Waals surface area contributed by atoms with Gasteiger partial charge in [0.05, 0.1) is 12.0 Å². The molecule has 1 fully saturated rings. The Labute approximate surface area is 104 Å². The molecule has 0 bridgehead atoms. The van der Waals surface area contributed by atoms with Gasteiger partial charge in [0.15, 0.2) is 0 Å². The predicted octanol–water partition coefficient (Wildman–Crippen LogP) is 2.87. The summed E-state index contributed by atoms with van der Waals surface area (Å²) in [7, 11) is 0. The quantitative estimate of drug-likeness (QED) is 0.884. The fourth-order valence-corrected chi connectivity index (χ4v) is 3.40. The van der Waals surface area contributed by atoms with E-state index in [0.717, 1.165) is 13.1 Å². The van der Waals surface area contributed by atoms with Crippen molar-refractivity contribution in [2.45, 2.75) is 24.7 Å². The van der Waals surface area contributed by atoms with Crippen LogP contribution in [0.4, 0.5) is 0 Å². The van der Waals surface area contributed by atoms with Gasteiger partial charge in [-0.2, -0.15) is 0 Å². The highest BCUT2D eigenvalue weighted by Crippen LogP contribution is 2.47. The van der Waals surface area contributed by atoms with E-state index >= 15 is 0 Å². The predicted molar refractivity (Wildman–Crippen MR) is 70.0 cm³/mol. The number of hydrogen-bond acceptors (Lipinski definition) is 2. The van der Waals surface area contributed by atoms with Crippen molar-refractivity contribution in [3.63, 3.8) is 0 Å². The van der Waals surface area contributed by atoms with Crippen LogP contribution >= 0.6 is 15.9 Å². The Morgan fingerprint density at radius 1 is 1.25 bits per heavy atom. The molecule has 0 radical (unpaired) electrons. The average Bonchev–Trinajstić information content (AvgIpc) is 2.73. The molecule has 1 aliphatic carbocycles. The van der Waals surface area contributed by atoms with E-state index in [4.69, 9.17) is 0 Å². The summed E-state index contributed by atoms with van der Waals surface area (Å²) in [5.74, 6) is 1.21. The zero-order valence-corrected chi connectivity index (χ0v) is 10.8. The molecule has 1 aromatic rings. The number of aliphatic imine (C=N–C) groups is 1. The zero-order valence-electron chi connectivity index (χ0n) is 9.17. The van der Waals surface area contributed by atoms with Gasteiger partial charge in [0, 0.05) is 11.0 Å². The van der Waals surface area contributed by atoms with Crippen molar-refractivity contribution < 1.29 is 0 Å². The molecule has 0 spiro atoms. The van der Waals surface area contributed by atoms with Gasteiger partial charge in [0.25, 0.3) is 0 Å². The minimum atomic E-state index is 0.177. The summed E-state index contributed by atoms with van der Waals surface area (Å²) < 4.78 is 1.21. The smallest absolute Gasteiger partial charge is 0.107 e. The average molecular weight is 279 g/mol. The van der Waals surface area contributed by atoms with Crippen LogP contribution in [0.5, 0.6) is 0 Å². The van der Waals surface area contributed by atoms with Crippen LogP contribution in [0.1, 0.15) is 24.8 Å². The van der Waals surface area contributed by atoms with Crippen LogP contribution in [0.15, 0.2) is 33.7 Å². The van der Waals surface area contributed by atoms with Gasteiger partial charge >= 0.3 is 0 Å². The van der Waals surface area contributed by atoms with Crippen LogP contribution in [-0.2, 0) is 5.41 Å². The van der Waals surface area contributed by atoms with Gasteiger partial charge in [-0.1, -0.05) is 40.5 Å². The fraction of sp³-hybridized carbons (Fsp3) is 0.462. The maximum Gasteiger partial charge on any atom is 0.107 e. The van der Waals surface area contributed by atoms with Gasteiger partial charge in [0.2, 0.25) is 0 Å². The summed E-state index contributed by atoms with van der Waals surface area (Å²) in [6.45, 7) is 1.93. The lowest BCUT2D eigenvalue weighted by atomic mass is 9.63. The highest BCUT2D eigenvalue weighted by atomic mass is 79.9. The minimum absolute atomic E-state index is 0.177. The number of nitrogens with zero attached hydrogens (tertiary/aromatic N) is 1. The molecule has 3 heteroatoms. The van der Waals surface area contributed by atoms with E-state index in [1.807, 2.05) is 0 Å². The molecule has 0 atom stereocenters. The molecule has 1 N–H and O–H groups in total. The number of benzene rings is 1.